The molecule has 88 valence electrons. The molecule has 0 saturated carbocycles. The second-order valence-corrected chi connectivity index (χ2v) is 4.08. The van der Waals surface area contributed by atoms with Gasteiger partial charge in [-0.05, 0) is 6.07 Å². The Hall–Kier alpha value is -1.52. The van der Waals surface area contributed by atoms with Gasteiger partial charge < -0.3 is 10.5 Å². The molecule has 0 bridgehead atoms. The maximum Gasteiger partial charge on any atom is 0.171 e. The third kappa shape index (κ3) is 3.22. The van der Waals surface area contributed by atoms with Gasteiger partial charge in [0.1, 0.15) is 11.8 Å². The summed E-state index contributed by atoms with van der Waals surface area (Å²) in [6.45, 7) is 0.328. The Kier molecular flexibility index (Phi) is 3.66. The lowest BCUT2D eigenvalue weighted by Gasteiger charge is -2.07. The van der Waals surface area contributed by atoms with Crippen LogP contribution < -0.4 is 10.5 Å². The molecule has 17 heavy (non-hydrogen) atoms. The number of hydrogen-bond acceptors (Lipinski definition) is 4. The van der Waals surface area contributed by atoms with Crippen molar-refractivity contribution in [2.24, 2.45) is 0 Å². The molecule has 2 rings (SSSR count). The quantitative estimate of drug-likeness (QED) is 0.871. The van der Waals surface area contributed by atoms with Crippen molar-refractivity contribution in [1.29, 1.82) is 0 Å². The highest BCUT2D eigenvalue weighted by Crippen LogP contribution is 2.24. The zero-order chi connectivity index (χ0) is 12.3. The highest BCUT2D eigenvalue weighted by molar-refractivity contribution is 6.30. The molecule has 0 aliphatic rings. The van der Waals surface area contributed by atoms with Crippen LogP contribution in [0, 0.1) is 0 Å². The first-order chi connectivity index (χ1) is 8.15. The third-order valence-electron chi connectivity index (χ3n) is 2.01. The molecule has 0 aliphatic carbocycles. The summed E-state index contributed by atoms with van der Waals surface area (Å²) in [5, 5.41) is 0.721. The van der Waals surface area contributed by atoms with Gasteiger partial charge in [-0.3, -0.25) is 0 Å². The van der Waals surface area contributed by atoms with Gasteiger partial charge in [0.25, 0.3) is 0 Å². The van der Waals surface area contributed by atoms with Crippen LogP contribution in [0.4, 0.5) is 5.69 Å². The number of nitrogen functional groups attached to an aromatic ring is 1. The van der Waals surface area contributed by atoms with Crippen molar-refractivity contribution < 1.29 is 4.74 Å². The van der Waals surface area contributed by atoms with Crippen molar-refractivity contribution >= 4 is 28.9 Å². The van der Waals surface area contributed by atoms with E-state index in [-0.39, 0.29) is 5.15 Å². The van der Waals surface area contributed by atoms with Crippen LogP contribution in [-0.2, 0) is 6.61 Å². The molecule has 0 aromatic carbocycles. The van der Waals surface area contributed by atoms with Crippen molar-refractivity contribution in [3.05, 3.63) is 46.5 Å². The van der Waals surface area contributed by atoms with E-state index < -0.39 is 0 Å². The maximum atomic E-state index is 5.86. The molecule has 0 saturated heterocycles. The first kappa shape index (κ1) is 12.0. The third-order valence-corrected chi connectivity index (χ3v) is 2.52. The molecule has 2 aromatic heterocycles. The maximum absolute atomic E-state index is 5.86. The average molecular weight is 270 g/mol. The van der Waals surface area contributed by atoms with Crippen LogP contribution in [0.1, 0.15) is 5.56 Å². The van der Waals surface area contributed by atoms with E-state index in [0.29, 0.717) is 23.2 Å². The number of nitrogens with zero attached hydrogens (tertiary/aromatic N) is 2. The molecule has 0 fully saturated rings. The van der Waals surface area contributed by atoms with E-state index in [2.05, 4.69) is 9.97 Å². The van der Waals surface area contributed by atoms with Crippen molar-refractivity contribution in [3.63, 3.8) is 0 Å². The van der Waals surface area contributed by atoms with Gasteiger partial charge in [0.05, 0.1) is 11.9 Å². The van der Waals surface area contributed by atoms with Crippen LogP contribution in [0.15, 0.2) is 30.6 Å². The van der Waals surface area contributed by atoms with Crippen molar-refractivity contribution in [2.45, 2.75) is 6.61 Å². The Morgan fingerprint density at radius 1 is 1.18 bits per heavy atom. The van der Waals surface area contributed by atoms with Crippen molar-refractivity contribution in [2.75, 3.05) is 5.73 Å². The van der Waals surface area contributed by atoms with Crippen molar-refractivity contribution in [3.8, 4) is 5.75 Å². The predicted octanol–water partition coefficient (Wildman–Crippen LogP) is 2.94. The summed E-state index contributed by atoms with van der Waals surface area (Å²) in [4.78, 5) is 7.83. The minimum Gasteiger partial charge on any atom is -0.486 e. The minimum atomic E-state index is 0.279. The number of rotatable bonds is 3. The van der Waals surface area contributed by atoms with Crippen LogP contribution in [-0.4, -0.2) is 9.97 Å². The lowest BCUT2D eigenvalue weighted by atomic mass is 10.3. The molecule has 2 aromatic rings. The van der Waals surface area contributed by atoms with Crippen LogP contribution in [0.25, 0.3) is 0 Å². The number of nitrogens with two attached hydrogens (primary N) is 1. The van der Waals surface area contributed by atoms with Gasteiger partial charge in [-0.1, -0.05) is 29.3 Å². The van der Waals surface area contributed by atoms with Gasteiger partial charge in [-0.25, -0.2) is 9.97 Å². The number of anilines is 1. The van der Waals surface area contributed by atoms with E-state index in [0.717, 1.165) is 5.56 Å². The standard InChI is InChI=1S/C11H9Cl2N3O/c12-10-2-1-7(4-15-10)6-17-9-3-8(14)5-16-11(9)13/h1-5H,6,14H2. The van der Waals surface area contributed by atoms with Crippen LogP contribution in [0.2, 0.25) is 10.3 Å². The molecule has 0 spiro atoms. The van der Waals surface area contributed by atoms with E-state index in [9.17, 15) is 0 Å². The summed E-state index contributed by atoms with van der Waals surface area (Å²) in [7, 11) is 0. The molecule has 0 unspecified atom stereocenters. The number of ether oxygens (including phenoxy) is 1. The fraction of sp³-hybridized carbons (Fsp3) is 0.0909. The number of hydrogen-bond donors (Lipinski definition) is 1. The summed E-state index contributed by atoms with van der Waals surface area (Å²) < 4.78 is 5.49. The first-order valence-electron chi connectivity index (χ1n) is 4.79. The van der Waals surface area contributed by atoms with E-state index in [4.69, 9.17) is 33.7 Å². The lowest BCUT2D eigenvalue weighted by molar-refractivity contribution is 0.305. The largest absolute Gasteiger partial charge is 0.486 e. The zero-order valence-corrected chi connectivity index (χ0v) is 10.2. The summed E-state index contributed by atoms with van der Waals surface area (Å²) in [5.41, 5.74) is 6.97. The van der Waals surface area contributed by atoms with Gasteiger partial charge in [0, 0.05) is 17.8 Å². The first-order valence-corrected chi connectivity index (χ1v) is 5.55. The van der Waals surface area contributed by atoms with Crippen LogP contribution in [0.3, 0.4) is 0 Å². The fourth-order valence-corrected chi connectivity index (χ4v) is 1.47. The Morgan fingerprint density at radius 3 is 2.71 bits per heavy atom. The van der Waals surface area contributed by atoms with Gasteiger partial charge in [-0.2, -0.15) is 0 Å². The summed E-state index contributed by atoms with van der Waals surface area (Å²) in [5.74, 6) is 0.446. The highest BCUT2D eigenvalue weighted by Gasteiger charge is 2.04. The molecule has 6 heteroatoms. The fourth-order valence-electron chi connectivity index (χ4n) is 1.20. The van der Waals surface area contributed by atoms with E-state index in [1.54, 1.807) is 18.3 Å². The molecule has 0 atom stereocenters. The second kappa shape index (κ2) is 5.21. The van der Waals surface area contributed by atoms with Gasteiger partial charge >= 0.3 is 0 Å². The average Bonchev–Trinajstić information content (AvgIpc) is 2.32. The lowest BCUT2D eigenvalue weighted by Crippen LogP contribution is -1.98. The second-order valence-electron chi connectivity index (χ2n) is 3.34. The van der Waals surface area contributed by atoms with E-state index in [1.165, 1.54) is 6.20 Å². The van der Waals surface area contributed by atoms with Gasteiger partial charge in [0.2, 0.25) is 0 Å². The smallest absolute Gasteiger partial charge is 0.171 e. The zero-order valence-electron chi connectivity index (χ0n) is 8.73. The predicted molar refractivity (Wildman–Crippen MR) is 67.2 cm³/mol. The van der Waals surface area contributed by atoms with E-state index in [1.807, 2.05) is 6.07 Å². The number of aromatic nitrogens is 2. The Bertz CT molecular complexity index is 517. The molecule has 2 N–H and O–H groups in total. The molecule has 0 radical (unpaired) electrons. The highest BCUT2D eigenvalue weighted by atomic mass is 35.5. The molecular weight excluding hydrogens is 261 g/mol. The summed E-state index contributed by atoms with van der Waals surface area (Å²) in [6.07, 6.45) is 3.11. The van der Waals surface area contributed by atoms with E-state index >= 15 is 0 Å². The van der Waals surface area contributed by atoms with Crippen molar-refractivity contribution in [1.82, 2.24) is 9.97 Å². The topological polar surface area (TPSA) is 61.0 Å². The Balaban J connectivity index is 2.07. The van der Waals surface area contributed by atoms with Crippen LogP contribution >= 0.6 is 23.2 Å². The van der Waals surface area contributed by atoms with Crippen LogP contribution in [0.5, 0.6) is 5.75 Å². The molecule has 4 nitrogen and oxygen atoms in total. The van der Waals surface area contributed by atoms with Gasteiger partial charge in [-0.15, -0.1) is 0 Å². The summed E-state index contributed by atoms with van der Waals surface area (Å²) >= 11 is 11.5. The molecule has 0 aliphatic heterocycles. The summed E-state index contributed by atoms with van der Waals surface area (Å²) in [6, 6.07) is 5.14. The minimum absolute atomic E-state index is 0.279. The monoisotopic (exact) mass is 269 g/mol. The molecular formula is C11H9Cl2N3O. The molecule has 0 amide bonds. The number of halogens is 2. The van der Waals surface area contributed by atoms with Gasteiger partial charge in [0.15, 0.2) is 10.9 Å². The Morgan fingerprint density at radius 2 is 2.00 bits per heavy atom. The number of pyridine rings is 2. The SMILES string of the molecule is Nc1cnc(Cl)c(OCc2ccc(Cl)nc2)c1. The normalized spacial score (nSPS) is 10.2. The Labute approximate surface area is 108 Å². The molecule has 2 heterocycles.